The first-order valence-electron chi connectivity index (χ1n) is 8.80. The number of amides is 2. The maximum atomic E-state index is 12.9. The van der Waals surface area contributed by atoms with Crippen LogP contribution in [0.5, 0.6) is 0 Å². The van der Waals surface area contributed by atoms with Gasteiger partial charge in [-0.05, 0) is 18.2 Å². The molecule has 0 aliphatic carbocycles. The first kappa shape index (κ1) is 18.0. The molecule has 3 fully saturated rings. The molecule has 26 heavy (non-hydrogen) atoms. The molecule has 0 radical (unpaired) electrons. The monoisotopic (exact) mass is 398 g/mol. The van der Waals surface area contributed by atoms with Gasteiger partial charge in [0, 0.05) is 43.9 Å². The molecule has 8 heteroatoms. The van der Waals surface area contributed by atoms with E-state index in [0.717, 1.165) is 0 Å². The Bertz CT molecular complexity index is 726. The second-order valence-electron chi connectivity index (χ2n) is 6.93. The van der Waals surface area contributed by atoms with Gasteiger partial charge in [0.15, 0.2) is 5.79 Å². The van der Waals surface area contributed by atoms with Crippen LogP contribution in [0.4, 0.5) is 5.69 Å². The van der Waals surface area contributed by atoms with E-state index in [1.807, 2.05) is 4.90 Å². The van der Waals surface area contributed by atoms with Gasteiger partial charge in [-0.1, -0.05) is 23.2 Å². The molecule has 6 nitrogen and oxygen atoms in total. The minimum Gasteiger partial charge on any atom is -0.347 e. The topological polar surface area (TPSA) is 59.1 Å². The van der Waals surface area contributed by atoms with Gasteiger partial charge in [0.25, 0.3) is 0 Å². The Balaban J connectivity index is 1.42. The standard InChI is InChI=1S/C18H20Cl2N2O4/c19-13-1-2-14(20)15(10-13)22-11-12(9-16(22)23)17(24)21-5-3-18(4-6-21)25-7-8-26-18/h1-2,10,12H,3-9,11H2. The summed E-state index contributed by atoms with van der Waals surface area (Å²) in [6.45, 7) is 2.72. The Morgan fingerprint density at radius 2 is 1.85 bits per heavy atom. The Morgan fingerprint density at radius 3 is 2.54 bits per heavy atom. The fourth-order valence-corrected chi connectivity index (χ4v) is 4.30. The summed E-state index contributed by atoms with van der Waals surface area (Å²) in [6, 6.07) is 4.99. The largest absolute Gasteiger partial charge is 0.347 e. The summed E-state index contributed by atoms with van der Waals surface area (Å²) in [5.41, 5.74) is 0.560. The summed E-state index contributed by atoms with van der Waals surface area (Å²) in [5, 5.41) is 0.955. The van der Waals surface area contributed by atoms with Crippen LogP contribution in [0.1, 0.15) is 19.3 Å². The van der Waals surface area contributed by atoms with Gasteiger partial charge in [-0.2, -0.15) is 0 Å². The zero-order chi connectivity index (χ0) is 18.3. The number of anilines is 1. The predicted molar refractivity (Wildman–Crippen MR) is 97.4 cm³/mol. The minimum absolute atomic E-state index is 0.00634. The summed E-state index contributed by atoms with van der Waals surface area (Å²) in [7, 11) is 0. The van der Waals surface area contributed by atoms with Crippen LogP contribution >= 0.6 is 23.2 Å². The van der Waals surface area contributed by atoms with Crippen LogP contribution in [-0.4, -0.2) is 55.3 Å². The number of hydrogen-bond acceptors (Lipinski definition) is 4. The molecule has 1 aromatic rings. The molecule has 140 valence electrons. The van der Waals surface area contributed by atoms with Crippen molar-refractivity contribution in [2.75, 3.05) is 37.7 Å². The molecule has 3 aliphatic heterocycles. The second kappa shape index (κ2) is 7.00. The molecule has 3 saturated heterocycles. The highest BCUT2D eigenvalue weighted by Gasteiger charge is 2.43. The molecule has 1 spiro atoms. The molecule has 3 heterocycles. The molecule has 0 N–H and O–H groups in total. The Kier molecular flexibility index (Phi) is 4.86. The van der Waals surface area contributed by atoms with E-state index in [1.54, 1.807) is 23.1 Å². The van der Waals surface area contributed by atoms with E-state index in [4.69, 9.17) is 32.7 Å². The van der Waals surface area contributed by atoms with Crippen molar-refractivity contribution in [3.05, 3.63) is 28.2 Å². The van der Waals surface area contributed by atoms with Gasteiger partial charge in [-0.3, -0.25) is 9.59 Å². The summed E-state index contributed by atoms with van der Waals surface area (Å²) in [6.07, 6.45) is 1.53. The fraction of sp³-hybridized carbons (Fsp3) is 0.556. The zero-order valence-electron chi connectivity index (χ0n) is 14.2. The summed E-state index contributed by atoms with van der Waals surface area (Å²) < 4.78 is 11.4. The van der Waals surface area contributed by atoms with E-state index in [-0.39, 0.29) is 24.2 Å². The highest BCUT2D eigenvalue weighted by atomic mass is 35.5. The number of halogens is 2. The van der Waals surface area contributed by atoms with Gasteiger partial charge >= 0.3 is 0 Å². The van der Waals surface area contributed by atoms with Crippen molar-refractivity contribution in [2.24, 2.45) is 5.92 Å². The number of carbonyl (C=O) groups is 2. The molecular formula is C18H20Cl2N2O4. The SMILES string of the molecule is O=C(C1CC(=O)N(c2cc(Cl)ccc2Cl)C1)N1CCC2(CC1)OCCO2. The molecule has 2 amide bonds. The Hall–Kier alpha value is -1.34. The number of carbonyl (C=O) groups excluding carboxylic acids is 2. The normalized spacial score (nSPS) is 25.3. The van der Waals surface area contributed by atoms with Crippen LogP contribution in [0, 0.1) is 5.92 Å². The van der Waals surface area contributed by atoms with E-state index in [0.29, 0.717) is 61.4 Å². The zero-order valence-corrected chi connectivity index (χ0v) is 15.8. The lowest BCUT2D eigenvalue weighted by Crippen LogP contribution is -2.49. The second-order valence-corrected chi connectivity index (χ2v) is 7.78. The molecule has 0 saturated carbocycles. The fourth-order valence-electron chi connectivity index (χ4n) is 3.91. The van der Waals surface area contributed by atoms with E-state index in [1.165, 1.54) is 0 Å². The maximum absolute atomic E-state index is 12.9. The molecule has 1 unspecified atom stereocenters. The van der Waals surface area contributed by atoms with E-state index in [9.17, 15) is 9.59 Å². The quantitative estimate of drug-likeness (QED) is 0.768. The summed E-state index contributed by atoms with van der Waals surface area (Å²) in [5.74, 6) is -0.977. The molecule has 3 aliphatic rings. The smallest absolute Gasteiger partial charge is 0.228 e. The highest BCUT2D eigenvalue weighted by Crippen LogP contribution is 2.35. The van der Waals surface area contributed by atoms with Crippen molar-refractivity contribution < 1.29 is 19.1 Å². The third-order valence-electron chi connectivity index (χ3n) is 5.32. The van der Waals surface area contributed by atoms with Gasteiger partial charge in [-0.15, -0.1) is 0 Å². The third-order valence-corrected chi connectivity index (χ3v) is 5.88. The van der Waals surface area contributed by atoms with E-state index in [2.05, 4.69) is 0 Å². The van der Waals surface area contributed by atoms with Gasteiger partial charge in [0.05, 0.1) is 29.8 Å². The third kappa shape index (κ3) is 3.31. The lowest BCUT2D eigenvalue weighted by Gasteiger charge is -2.38. The minimum atomic E-state index is -0.511. The number of benzene rings is 1. The predicted octanol–water partition coefficient (Wildman–Crippen LogP) is 2.71. The average Bonchev–Trinajstić information content (AvgIpc) is 3.24. The van der Waals surface area contributed by atoms with E-state index >= 15 is 0 Å². The van der Waals surface area contributed by atoms with Gasteiger partial charge in [-0.25, -0.2) is 0 Å². The van der Waals surface area contributed by atoms with Crippen LogP contribution in [0.25, 0.3) is 0 Å². The molecule has 4 rings (SSSR count). The highest BCUT2D eigenvalue weighted by molar-refractivity contribution is 6.35. The van der Waals surface area contributed by atoms with Crippen molar-refractivity contribution in [1.82, 2.24) is 4.90 Å². The number of likely N-dealkylation sites (tertiary alicyclic amines) is 1. The lowest BCUT2D eigenvalue weighted by atomic mass is 10.0. The van der Waals surface area contributed by atoms with Crippen molar-refractivity contribution >= 4 is 40.7 Å². The first-order valence-corrected chi connectivity index (χ1v) is 9.55. The van der Waals surface area contributed by atoms with Crippen LogP contribution in [0.3, 0.4) is 0 Å². The average molecular weight is 399 g/mol. The number of ether oxygens (including phenoxy) is 2. The maximum Gasteiger partial charge on any atom is 0.228 e. The Morgan fingerprint density at radius 1 is 1.15 bits per heavy atom. The van der Waals surface area contributed by atoms with Gasteiger partial charge < -0.3 is 19.3 Å². The number of rotatable bonds is 2. The first-order chi connectivity index (χ1) is 12.5. The van der Waals surface area contributed by atoms with Gasteiger partial charge in [0.2, 0.25) is 11.8 Å². The van der Waals surface area contributed by atoms with Crippen LogP contribution in [0.15, 0.2) is 18.2 Å². The number of piperidine rings is 1. The van der Waals surface area contributed by atoms with Crippen LogP contribution < -0.4 is 4.90 Å². The van der Waals surface area contributed by atoms with Crippen LogP contribution in [0.2, 0.25) is 10.0 Å². The van der Waals surface area contributed by atoms with Crippen LogP contribution in [-0.2, 0) is 19.1 Å². The number of hydrogen-bond donors (Lipinski definition) is 0. The van der Waals surface area contributed by atoms with Crippen molar-refractivity contribution in [3.63, 3.8) is 0 Å². The Labute approximate surface area is 161 Å². The van der Waals surface area contributed by atoms with Crippen molar-refractivity contribution in [2.45, 2.75) is 25.0 Å². The van der Waals surface area contributed by atoms with Gasteiger partial charge in [0.1, 0.15) is 0 Å². The molecule has 0 bridgehead atoms. The summed E-state index contributed by atoms with van der Waals surface area (Å²) in [4.78, 5) is 28.7. The summed E-state index contributed by atoms with van der Waals surface area (Å²) >= 11 is 12.2. The molecular weight excluding hydrogens is 379 g/mol. The number of nitrogens with zero attached hydrogens (tertiary/aromatic N) is 2. The van der Waals surface area contributed by atoms with E-state index < -0.39 is 5.79 Å². The van der Waals surface area contributed by atoms with Crippen molar-refractivity contribution in [3.8, 4) is 0 Å². The van der Waals surface area contributed by atoms with Crippen molar-refractivity contribution in [1.29, 1.82) is 0 Å². The molecule has 1 aromatic carbocycles. The molecule has 1 atom stereocenters. The lowest BCUT2D eigenvalue weighted by molar-refractivity contribution is -0.188. The molecule has 0 aromatic heterocycles.